The number of carbonyl (C=O) groups excluding carboxylic acids is 1. The summed E-state index contributed by atoms with van der Waals surface area (Å²) in [7, 11) is 0. The number of Topliss-reactive ketones (excluding diaryl/α,β-unsaturated/α-hetero) is 1. The van der Waals surface area contributed by atoms with Crippen molar-refractivity contribution in [3.8, 4) is 0 Å². The van der Waals surface area contributed by atoms with Crippen LogP contribution in [0.3, 0.4) is 0 Å². The van der Waals surface area contributed by atoms with Gasteiger partial charge >= 0.3 is 0 Å². The molecule has 21 heavy (non-hydrogen) atoms. The fourth-order valence-corrected chi connectivity index (χ4v) is 1.93. The number of carbonyl (C=O) groups is 1. The fourth-order valence-electron chi connectivity index (χ4n) is 1.93. The van der Waals surface area contributed by atoms with Crippen molar-refractivity contribution in [2.24, 2.45) is 5.11 Å². The van der Waals surface area contributed by atoms with Crippen molar-refractivity contribution < 1.29 is 4.79 Å². The summed E-state index contributed by atoms with van der Waals surface area (Å²) in [5, 5.41) is 3.68. The van der Waals surface area contributed by atoms with E-state index in [2.05, 4.69) is 10.0 Å². The molecule has 1 atom stereocenters. The number of ketones is 1. The molecule has 0 aromatic heterocycles. The lowest BCUT2D eigenvalue weighted by Crippen LogP contribution is -2.09. The lowest BCUT2D eigenvalue weighted by Gasteiger charge is -2.05. The van der Waals surface area contributed by atoms with Gasteiger partial charge in [0.15, 0.2) is 5.78 Å². The quantitative estimate of drug-likeness (QED) is 0.328. The molecule has 0 aliphatic carbocycles. The smallest absolute Gasteiger partial charge is 0.163 e. The van der Waals surface area contributed by atoms with E-state index in [9.17, 15) is 4.79 Å². The zero-order valence-electron chi connectivity index (χ0n) is 11.5. The van der Waals surface area contributed by atoms with E-state index in [0.717, 1.165) is 5.56 Å². The number of benzene rings is 2. The largest absolute Gasteiger partial charge is 0.294 e. The second kappa shape index (κ2) is 7.68. The van der Waals surface area contributed by atoms with E-state index in [0.29, 0.717) is 5.56 Å². The second-order valence-electron chi connectivity index (χ2n) is 4.54. The van der Waals surface area contributed by atoms with Crippen LogP contribution >= 0.6 is 0 Å². The van der Waals surface area contributed by atoms with Crippen molar-refractivity contribution in [2.75, 3.05) is 0 Å². The van der Waals surface area contributed by atoms with E-state index in [-0.39, 0.29) is 12.2 Å². The van der Waals surface area contributed by atoms with Crippen LogP contribution in [0.5, 0.6) is 0 Å². The van der Waals surface area contributed by atoms with Crippen molar-refractivity contribution >= 4 is 11.9 Å². The molecule has 0 bridgehead atoms. The first kappa shape index (κ1) is 14.6. The molecule has 0 aliphatic heterocycles. The van der Waals surface area contributed by atoms with Crippen molar-refractivity contribution in [1.82, 2.24) is 0 Å². The van der Waals surface area contributed by atoms with Gasteiger partial charge in [0.2, 0.25) is 0 Å². The molecule has 0 heterocycles. The Hall–Kier alpha value is -2.84. The lowest BCUT2D eigenvalue weighted by molar-refractivity contribution is 0.0979. The molecule has 0 radical (unpaired) electrons. The zero-order chi connectivity index (χ0) is 14.9. The van der Waals surface area contributed by atoms with Crippen LogP contribution in [0.1, 0.15) is 22.3 Å². The Morgan fingerprint density at radius 3 is 2.33 bits per heavy atom. The summed E-state index contributed by atoms with van der Waals surface area (Å²) in [5.74, 6) is -0.0364. The minimum Gasteiger partial charge on any atom is -0.294 e. The Labute approximate surface area is 123 Å². The molecule has 2 rings (SSSR count). The highest BCUT2D eigenvalue weighted by molar-refractivity contribution is 5.96. The predicted molar refractivity (Wildman–Crippen MR) is 83.8 cm³/mol. The van der Waals surface area contributed by atoms with Gasteiger partial charge in [-0.05, 0) is 11.1 Å². The van der Waals surface area contributed by atoms with Crippen LogP contribution in [0.15, 0.2) is 71.9 Å². The summed E-state index contributed by atoms with van der Waals surface area (Å²) in [5.41, 5.74) is 10.3. The average Bonchev–Trinajstić information content (AvgIpc) is 2.54. The number of azide groups is 1. The Morgan fingerprint density at radius 2 is 1.71 bits per heavy atom. The van der Waals surface area contributed by atoms with Gasteiger partial charge in [0.1, 0.15) is 0 Å². The first-order valence-corrected chi connectivity index (χ1v) is 6.65. The van der Waals surface area contributed by atoms with Crippen LogP contribution < -0.4 is 0 Å². The van der Waals surface area contributed by atoms with Gasteiger partial charge in [-0.15, -0.1) is 0 Å². The summed E-state index contributed by atoms with van der Waals surface area (Å²) < 4.78 is 0. The lowest BCUT2D eigenvalue weighted by atomic mass is 10.0. The molecule has 4 nitrogen and oxygen atoms in total. The van der Waals surface area contributed by atoms with E-state index >= 15 is 0 Å². The first-order valence-electron chi connectivity index (χ1n) is 6.65. The van der Waals surface area contributed by atoms with Gasteiger partial charge in [-0.1, -0.05) is 77.9 Å². The summed E-state index contributed by atoms with van der Waals surface area (Å²) in [6.07, 6.45) is 3.78. The highest BCUT2D eigenvalue weighted by Crippen LogP contribution is 2.11. The van der Waals surface area contributed by atoms with Gasteiger partial charge < -0.3 is 0 Å². The van der Waals surface area contributed by atoms with Gasteiger partial charge in [0.05, 0.1) is 6.04 Å². The van der Waals surface area contributed by atoms with E-state index in [1.54, 1.807) is 18.2 Å². The number of hydrogen-bond donors (Lipinski definition) is 0. The van der Waals surface area contributed by atoms with Crippen LogP contribution in [0.25, 0.3) is 16.5 Å². The van der Waals surface area contributed by atoms with Crippen LogP contribution in [-0.4, -0.2) is 11.8 Å². The topological polar surface area (TPSA) is 65.8 Å². The molecule has 4 heteroatoms. The highest BCUT2D eigenvalue weighted by atomic mass is 16.1. The van der Waals surface area contributed by atoms with Crippen molar-refractivity contribution in [1.29, 1.82) is 0 Å². The van der Waals surface area contributed by atoms with Crippen molar-refractivity contribution in [2.45, 2.75) is 12.5 Å². The molecule has 0 fully saturated rings. The van der Waals surface area contributed by atoms with E-state index in [1.165, 1.54) is 0 Å². The maximum Gasteiger partial charge on any atom is 0.163 e. The molecular weight excluding hydrogens is 262 g/mol. The third-order valence-electron chi connectivity index (χ3n) is 3.00. The van der Waals surface area contributed by atoms with Gasteiger partial charge in [0, 0.05) is 16.9 Å². The first-order chi connectivity index (χ1) is 10.3. The predicted octanol–water partition coefficient (Wildman–Crippen LogP) is 4.65. The van der Waals surface area contributed by atoms with Crippen LogP contribution in [0.2, 0.25) is 0 Å². The molecule has 0 saturated heterocycles. The van der Waals surface area contributed by atoms with Crippen LogP contribution in [0, 0.1) is 0 Å². The maximum absolute atomic E-state index is 12.1. The third-order valence-corrected chi connectivity index (χ3v) is 3.00. The van der Waals surface area contributed by atoms with Crippen LogP contribution in [-0.2, 0) is 0 Å². The molecule has 0 amide bonds. The molecule has 104 valence electrons. The van der Waals surface area contributed by atoms with Crippen molar-refractivity contribution in [3.63, 3.8) is 0 Å². The number of nitrogens with zero attached hydrogens (tertiary/aromatic N) is 3. The minimum absolute atomic E-state index is 0.0364. The minimum atomic E-state index is -0.483. The standard InChI is InChI=1S/C17H15N3O/c18-20-19-16(12-11-14-7-3-1-4-8-14)13-17(21)15-9-5-2-6-10-15/h1-12,16H,13H2. The van der Waals surface area contributed by atoms with Gasteiger partial charge in [0.25, 0.3) is 0 Å². The van der Waals surface area contributed by atoms with Gasteiger partial charge in [-0.2, -0.15) is 0 Å². The van der Waals surface area contributed by atoms with Gasteiger partial charge in [-0.3, -0.25) is 4.79 Å². The monoisotopic (exact) mass is 277 g/mol. The molecule has 2 aromatic carbocycles. The number of hydrogen-bond acceptors (Lipinski definition) is 2. The summed E-state index contributed by atoms with van der Waals surface area (Å²) >= 11 is 0. The van der Waals surface area contributed by atoms with Gasteiger partial charge in [-0.25, -0.2) is 0 Å². The maximum atomic E-state index is 12.1. The van der Waals surface area contributed by atoms with Crippen LogP contribution in [0.4, 0.5) is 0 Å². The molecular formula is C17H15N3O. The highest BCUT2D eigenvalue weighted by Gasteiger charge is 2.11. The third kappa shape index (κ3) is 4.64. The van der Waals surface area contributed by atoms with E-state index in [1.807, 2.05) is 54.6 Å². The molecule has 0 N–H and O–H groups in total. The summed E-state index contributed by atoms with van der Waals surface area (Å²) in [6, 6.07) is 18.2. The molecule has 0 spiro atoms. The normalized spacial score (nSPS) is 11.8. The molecule has 1 unspecified atom stereocenters. The Bertz CT molecular complexity index is 659. The van der Waals surface area contributed by atoms with E-state index < -0.39 is 6.04 Å². The summed E-state index contributed by atoms with van der Waals surface area (Å²) in [6.45, 7) is 0. The Balaban J connectivity index is 2.08. The molecule has 0 saturated carbocycles. The Morgan fingerprint density at radius 1 is 1.10 bits per heavy atom. The second-order valence-corrected chi connectivity index (χ2v) is 4.54. The average molecular weight is 277 g/mol. The zero-order valence-corrected chi connectivity index (χ0v) is 11.5. The SMILES string of the molecule is [N-]=[N+]=NC(C=Cc1ccccc1)CC(=O)c1ccccc1. The number of rotatable bonds is 6. The van der Waals surface area contributed by atoms with E-state index in [4.69, 9.17) is 5.53 Å². The molecule has 2 aromatic rings. The summed E-state index contributed by atoms with van der Waals surface area (Å²) in [4.78, 5) is 14.9. The van der Waals surface area contributed by atoms with Crippen molar-refractivity contribution in [3.05, 3.63) is 88.3 Å². The fraction of sp³-hybridized carbons (Fsp3) is 0.118. The molecule has 0 aliphatic rings. The Kier molecular flexibility index (Phi) is 5.33.